The van der Waals surface area contributed by atoms with Gasteiger partial charge in [-0.1, -0.05) is 0 Å². The Bertz CT molecular complexity index is 697. The van der Waals surface area contributed by atoms with Crippen LogP contribution in [0.5, 0.6) is 17.4 Å². The first-order valence-corrected chi connectivity index (χ1v) is 8.50. The van der Waals surface area contributed by atoms with Gasteiger partial charge in [0.25, 0.3) is 0 Å². The molecule has 0 spiro atoms. The second-order valence-corrected chi connectivity index (χ2v) is 6.05. The van der Waals surface area contributed by atoms with E-state index in [9.17, 15) is 4.79 Å². The topological polar surface area (TPSA) is 72.5 Å². The van der Waals surface area contributed by atoms with Crippen LogP contribution in [0.3, 0.4) is 0 Å². The van der Waals surface area contributed by atoms with Gasteiger partial charge in [-0.2, -0.15) is 0 Å². The average Bonchev–Trinajstić information content (AvgIpc) is 3.14. The standard InChI is InChI=1S/C19H23N3O3/c1-24-16-4-6-17(7-5-16)25-19-11-14(8-10-21-19)13-22-18(23)12-15-3-2-9-20-15/h4-8,10-11,15,20H,2-3,9,12-13H2,1H3,(H,22,23). The SMILES string of the molecule is COc1ccc(Oc2cc(CNC(=O)CC3CCCN3)ccn2)cc1. The van der Waals surface area contributed by atoms with Gasteiger partial charge in [0.05, 0.1) is 7.11 Å². The summed E-state index contributed by atoms with van der Waals surface area (Å²) < 4.78 is 10.9. The van der Waals surface area contributed by atoms with Crippen molar-refractivity contribution in [2.75, 3.05) is 13.7 Å². The van der Waals surface area contributed by atoms with Crippen LogP contribution in [-0.2, 0) is 11.3 Å². The number of nitrogens with zero attached hydrogens (tertiary/aromatic N) is 1. The summed E-state index contributed by atoms with van der Waals surface area (Å²) >= 11 is 0. The minimum atomic E-state index is 0.0637. The summed E-state index contributed by atoms with van der Waals surface area (Å²) in [7, 11) is 1.62. The third kappa shape index (κ3) is 5.19. The number of ether oxygens (including phenoxy) is 2. The van der Waals surface area contributed by atoms with E-state index in [0.29, 0.717) is 30.6 Å². The quantitative estimate of drug-likeness (QED) is 0.810. The van der Waals surface area contributed by atoms with Crippen molar-refractivity contribution in [2.45, 2.75) is 31.8 Å². The first-order chi connectivity index (χ1) is 12.2. The molecule has 1 aliphatic rings. The van der Waals surface area contributed by atoms with Crippen molar-refractivity contribution in [3.05, 3.63) is 48.2 Å². The molecule has 1 aliphatic heterocycles. The highest BCUT2D eigenvalue weighted by Gasteiger charge is 2.17. The van der Waals surface area contributed by atoms with E-state index in [4.69, 9.17) is 9.47 Å². The van der Waals surface area contributed by atoms with Crippen molar-refractivity contribution in [1.29, 1.82) is 0 Å². The van der Waals surface area contributed by atoms with Crippen LogP contribution in [-0.4, -0.2) is 30.6 Å². The molecule has 2 heterocycles. The van der Waals surface area contributed by atoms with Crippen LogP contribution in [0.2, 0.25) is 0 Å². The van der Waals surface area contributed by atoms with Crippen molar-refractivity contribution in [3.8, 4) is 17.4 Å². The molecule has 2 aromatic rings. The third-order valence-corrected chi connectivity index (χ3v) is 4.16. The average molecular weight is 341 g/mol. The normalized spacial score (nSPS) is 16.4. The summed E-state index contributed by atoms with van der Waals surface area (Å²) in [5.74, 6) is 2.01. The maximum atomic E-state index is 12.0. The molecule has 25 heavy (non-hydrogen) atoms. The molecular weight excluding hydrogens is 318 g/mol. The van der Waals surface area contributed by atoms with Gasteiger partial charge < -0.3 is 20.1 Å². The number of carbonyl (C=O) groups is 1. The Kier molecular flexibility index (Phi) is 5.85. The van der Waals surface area contributed by atoms with Crippen molar-refractivity contribution in [3.63, 3.8) is 0 Å². The van der Waals surface area contributed by atoms with Crippen molar-refractivity contribution >= 4 is 5.91 Å². The van der Waals surface area contributed by atoms with Gasteiger partial charge >= 0.3 is 0 Å². The van der Waals surface area contributed by atoms with Gasteiger partial charge in [0, 0.05) is 31.3 Å². The summed E-state index contributed by atoms with van der Waals surface area (Å²) in [6.07, 6.45) is 4.43. The molecule has 1 atom stereocenters. The minimum Gasteiger partial charge on any atom is -0.497 e. The van der Waals surface area contributed by atoms with E-state index in [1.165, 1.54) is 0 Å². The second-order valence-electron chi connectivity index (χ2n) is 6.05. The fourth-order valence-electron chi connectivity index (χ4n) is 2.81. The highest BCUT2D eigenvalue weighted by atomic mass is 16.5. The van der Waals surface area contributed by atoms with Gasteiger partial charge in [-0.05, 0) is 55.3 Å². The van der Waals surface area contributed by atoms with Crippen LogP contribution in [0.25, 0.3) is 0 Å². The predicted molar refractivity (Wildman–Crippen MR) is 94.8 cm³/mol. The zero-order valence-electron chi connectivity index (χ0n) is 14.3. The number of benzene rings is 1. The second kappa shape index (κ2) is 8.48. The molecule has 1 aromatic heterocycles. The van der Waals surface area contributed by atoms with Crippen LogP contribution in [0.4, 0.5) is 0 Å². The summed E-state index contributed by atoms with van der Waals surface area (Å²) in [6.45, 7) is 1.47. The monoisotopic (exact) mass is 341 g/mol. The molecule has 1 fully saturated rings. The Morgan fingerprint density at radius 1 is 1.28 bits per heavy atom. The van der Waals surface area contributed by atoms with Gasteiger partial charge in [0.2, 0.25) is 11.8 Å². The predicted octanol–water partition coefficient (Wildman–Crippen LogP) is 2.64. The fraction of sp³-hybridized carbons (Fsp3) is 0.368. The molecule has 1 unspecified atom stereocenters. The molecular formula is C19H23N3O3. The Labute approximate surface area is 147 Å². The molecule has 1 saturated heterocycles. The van der Waals surface area contributed by atoms with Crippen LogP contribution >= 0.6 is 0 Å². The van der Waals surface area contributed by atoms with E-state index >= 15 is 0 Å². The zero-order valence-corrected chi connectivity index (χ0v) is 14.3. The number of pyridine rings is 1. The van der Waals surface area contributed by atoms with Crippen LogP contribution < -0.4 is 20.1 Å². The molecule has 1 aromatic carbocycles. The fourth-order valence-corrected chi connectivity index (χ4v) is 2.81. The first kappa shape index (κ1) is 17.2. The number of carbonyl (C=O) groups excluding carboxylic acids is 1. The lowest BCUT2D eigenvalue weighted by Gasteiger charge is -2.11. The Hall–Kier alpha value is -2.60. The molecule has 2 N–H and O–H groups in total. The molecule has 6 nitrogen and oxygen atoms in total. The number of hydrogen-bond donors (Lipinski definition) is 2. The molecule has 0 saturated carbocycles. The molecule has 6 heteroatoms. The molecule has 1 amide bonds. The highest BCUT2D eigenvalue weighted by Crippen LogP contribution is 2.22. The van der Waals surface area contributed by atoms with E-state index in [2.05, 4.69) is 15.6 Å². The number of methoxy groups -OCH3 is 1. The smallest absolute Gasteiger partial charge is 0.221 e. The lowest BCUT2D eigenvalue weighted by Crippen LogP contribution is -2.31. The molecule has 3 rings (SSSR count). The van der Waals surface area contributed by atoms with Gasteiger partial charge in [-0.3, -0.25) is 4.79 Å². The Morgan fingerprint density at radius 3 is 2.80 bits per heavy atom. The van der Waals surface area contributed by atoms with Crippen LogP contribution in [0, 0.1) is 0 Å². The zero-order chi connectivity index (χ0) is 17.5. The maximum absolute atomic E-state index is 12.0. The van der Waals surface area contributed by atoms with E-state index < -0.39 is 0 Å². The largest absolute Gasteiger partial charge is 0.497 e. The summed E-state index contributed by atoms with van der Waals surface area (Å²) in [5, 5.41) is 6.28. The Balaban J connectivity index is 1.52. The number of aromatic nitrogens is 1. The van der Waals surface area contributed by atoms with E-state index in [-0.39, 0.29) is 5.91 Å². The lowest BCUT2D eigenvalue weighted by molar-refractivity contribution is -0.121. The maximum Gasteiger partial charge on any atom is 0.221 e. The van der Waals surface area contributed by atoms with Crippen LogP contribution in [0.1, 0.15) is 24.8 Å². The summed E-state index contributed by atoms with van der Waals surface area (Å²) in [5.41, 5.74) is 0.950. The van der Waals surface area contributed by atoms with Gasteiger partial charge in [0.15, 0.2) is 0 Å². The number of nitrogens with one attached hydrogen (secondary N) is 2. The third-order valence-electron chi connectivity index (χ3n) is 4.16. The van der Waals surface area contributed by atoms with E-state index in [0.717, 1.165) is 30.7 Å². The number of hydrogen-bond acceptors (Lipinski definition) is 5. The number of amides is 1. The molecule has 132 valence electrons. The summed E-state index contributed by atoms with van der Waals surface area (Å²) in [6, 6.07) is 11.3. The lowest BCUT2D eigenvalue weighted by atomic mass is 10.1. The highest BCUT2D eigenvalue weighted by molar-refractivity contribution is 5.76. The number of rotatable bonds is 7. The van der Waals surface area contributed by atoms with Crippen molar-refractivity contribution < 1.29 is 14.3 Å². The molecule has 0 radical (unpaired) electrons. The molecule has 0 aliphatic carbocycles. The van der Waals surface area contributed by atoms with E-state index in [1.54, 1.807) is 13.3 Å². The van der Waals surface area contributed by atoms with Crippen LogP contribution in [0.15, 0.2) is 42.6 Å². The van der Waals surface area contributed by atoms with Gasteiger partial charge in [-0.25, -0.2) is 4.98 Å². The van der Waals surface area contributed by atoms with Gasteiger partial charge in [0.1, 0.15) is 11.5 Å². The molecule has 0 bridgehead atoms. The van der Waals surface area contributed by atoms with E-state index in [1.807, 2.05) is 36.4 Å². The van der Waals surface area contributed by atoms with Gasteiger partial charge in [-0.15, -0.1) is 0 Å². The minimum absolute atomic E-state index is 0.0637. The summed E-state index contributed by atoms with van der Waals surface area (Å²) in [4.78, 5) is 16.2. The van der Waals surface area contributed by atoms with Crippen molar-refractivity contribution in [1.82, 2.24) is 15.6 Å². The first-order valence-electron chi connectivity index (χ1n) is 8.50. The van der Waals surface area contributed by atoms with Crippen molar-refractivity contribution in [2.24, 2.45) is 0 Å². The Morgan fingerprint density at radius 2 is 2.08 bits per heavy atom.